The Balaban J connectivity index is 2.04. The molecule has 2 N–H and O–H groups in total. The summed E-state index contributed by atoms with van der Waals surface area (Å²) in [5.74, 6) is -0.680. The zero-order valence-corrected chi connectivity index (χ0v) is 19.2. The minimum atomic E-state index is -3.84. The molecule has 0 aromatic heterocycles. The number of carbonyl (C=O) groups excluding carboxylic acids is 2. The van der Waals surface area contributed by atoms with Crippen LogP contribution in [0.2, 0.25) is 0 Å². The first-order valence-corrected chi connectivity index (χ1v) is 11.8. The molecule has 0 bridgehead atoms. The van der Waals surface area contributed by atoms with Gasteiger partial charge in [-0.15, -0.1) is 0 Å². The van der Waals surface area contributed by atoms with Gasteiger partial charge in [0.25, 0.3) is 0 Å². The molecule has 1 aliphatic rings. The maximum atomic E-state index is 12.9. The number of rotatable bonds is 7. The van der Waals surface area contributed by atoms with E-state index in [1.807, 2.05) is 6.92 Å². The Bertz CT molecular complexity index is 1110. The second-order valence-electron chi connectivity index (χ2n) is 6.63. The van der Waals surface area contributed by atoms with E-state index in [1.165, 1.54) is 19.2 Å². The molecule has 2 aromatic carbocycles. The minimum Gasteiger partial charge on any atom is -0.494 e. The van der Waals surface area contributed by atoms with Gasteiger partial charge in [0, 0.05) is 10.2 Å². The summed E-state index contributed by atoms with van der Waals surface area (Å²) in [4.78, 5) is 25.0. The highest BCUT2D eigenvalue weighted by Gasteiger charge is 2.35. The molecular formula is C21H21BrN2O6S. The van der Waals surface area contributed by atoms with Crippen molar-refractivity contribution in [2.24, 2.45) is 0 Å². The normalized spacial score (nSPS) is 16.4. The molecular weight excluding hydrogens is 488 g/mol. The Morgan fingerprint density at radius 3 is 2.32 bits per heavy atom. The molecule has 1 unspecified atom stereocenters. The fraction of sp³-hybridized carbons (Fsp3) is 0.238. The molecule has 0 spiro atoms. The van der Waals surface area contributed by atoms with Gasteiger partial charge in [-0.25, -0.2) is 18.0 Å². The first kappa shape index (κ1) is 22.8. The van der Waals surface area contributed by atoms with Crippen molar-refractivity contribution in [1.82, 2.24) is 10.6 Å². The van der Waals surface area contributed by atoms with Crippen LogP contribution < -0.4 is 15.4 Å². The summed E-state index contributed by atoms with van der Waals surface area (Å²) in [6, 6.07) is 11.4. The van der Waals surface area contributed by atoms with Crippen molar-refractivity contribution in [3.8, 4) is 5.75 Å². The van der Waals surface area contributed by atoms with Crippen LogP contribution in [0.1, 0.15) is 18.5 Å². The highest BCUT2D eigenvalue weighted by atomic mass is 79.9. The van der Waals surface area contributed by atoms with Crippen molar-refractivity contribution in [2.75, 3.05) is 19.5 Å². The first-order valence-electron chi connectivity index (χ1n) is 9.35. The zero-order chi connectivity index (χ0) is 22.6. The molecule has 1 heterocycles. The molecule has 0 fully saturated rings. The van der Waals surface area contributed by atoms with Crippen molar-refractivity contribution < 1.29 is 27.5 Å². The molecule has 8 nitrogen and oxygen atoms in total. The fourth-order valence-corrected chi connectivity index (χ4v) is 4.76. The lowest BCUT2D eigenvalue weighted by atomic mass is 9.95. The third-order valence-electron chi connectivity index (χ3n) is 4.59. The number of esters is 1. The van der Waals surface area contributed by atoms with Crippen LogP contribution in [0.5, 0.6) is 5.75 Å². The van der Waals surface area contributed by atoms with Gasteiger partial charge in [0.1, 0.15) is 5.75 Å². The van der Waals surface area contributed by atoms with E-state index >= 15 is 0 Å². The van der Waals surface area contributed by atoms with Crippen molar-refractivity contribution >= 4 is 37.8 Å². The number of ether oxygens (including phenoxy) is 2. The van der Waals surface area contributed by atoms with E-state index in [9.17, 15) is 18.0 Å². The number of sulfone groups is 1. The van der Waals surface area contributed by atoms with E-state index in [0.29, 0.717) is 17.9 Å². The first-order chi connectivity index (χ1) is 14.7. The van der Waals surface area contributed by atoms with E-state index < -0.39 is 33.6 Å². The Labute approximate surface area is 188 Å². The summed E-state index contributed by atoms with van der Waals surface area (Å²) in [6.45, 7) is 2.35. The number of hydrogen-bond acceptors (Lipinski definition) is 6. The zero-order valence-electron chi connectivity index (χ0n) is 16.8. The minimum absolute atomic E-state index is 0.0203. The van der Waals surface area contributed by atoms with E-state index in [4.69, 9.17) is 9.47 Å². The number of urea groups is 1. The number of benzene rings is 2. The monoisotopic (exact) mass is 508 g/mol. The molecule has 1 aliphatic heterocycles. The highest BCUT2D eigenvalue weighted by Crippen LogP contribution is 2.30. The lowest BCUT2D eigenvalue weighted by molar-refractivity contribution is -0.136. The van der Waals surface area contributed by atoms with Gasteiger partial charge in [0.15, 0.2) is 9.84 Å². The van der Waals surface area contributed by atoms with Gasteiger partial charge in [0.2, 0.25) is 0 Å². The van der Waals surface area contributed by atoms with Gasteiger partial charge >= 0.3 is 12.0 Å². The van der Waals surface area contributed by atoms with Crippen molar-refractivity contribution in [3.05, 3.63) is 69.8 Å². The van der Waals surface area contributed by atoms with Gasteiger partial charge in [0.05, 0.1) is 36.0 Å². The molecule has 0 saturated carbocycles. The molecule has 2 aromatic rings. The molecule has 2 amide bonds. The SMILES string of the molecule is CCOc1ccc(C2NC(=O)NC(CS(=O)(=O)c3ccc(Br)cc3)=C2C(=O)OC)cc1. The molecule has 3 rings (SSSR count). The van der Waals surface area contributed by atoms with E-state index in [-0.39, 0.29) is 16.2 Å². The molecule has 0 saturated heterocycles. The quantitative estimate of drug-likeness (QED) is 0.555. The third kappa shape index (κ3) is 5.26. The molecule has 0 radical (unpaired) electrons. The van der Waals surface area contributed by atoms with Gasteiger partial charge in [-0.2, -0.15) is 0 Å². The number of nitrogens with one attached hydrogen (secondary N) is 2. The van der Waals surface area contributed by atoms with Gasteiger partial charge in [-0.3, -0.25) is 0 Å². The van der Waals surface area contributed by atoms with Crippen LogP contribution in [0.3, 0.4) is 0 Å². The summed E-state index contributed by atoms with van der Waals surface area (Å²) in [6.07, 6.45) is 0. The average Bonchev–Trinajstić information content (AvgIpc) is 2.73. The smallest absolute Gasteiger partial charge is 0.338 e. The van der Waals surface area contributed by atoms with Crippen LogP contribution in [0.25, 0.3) is 0 Å². The fourth-order valence-electron chi connectivity index (χ4n) is 3.17. The topological polar surface area (TPSA) is 111 Å². The van der Waals surface area contributed by atoms with E-state index in [1.54, 1.807) is 36.4 Å². The van der Waals surface area contributed by atoms with Crippen LogP contribution in [-0.4, -0.2) is 39.9 Å². The lowest BCUT2D eigenvalue weighted by Crippen LogP contribution is -2.47. The number of halogens is 1. The Hall–Kier alpha value is -2.85. The van der Waals surface area contributed by atoms with Crippen molar-refractivity contribution in [3.63, 3.8) is 0 Å². The van der Waals surface area contributed by atoms with Gasteiger partial charge in [-0.1, -0.05) is 28.1 Å². The lowest BCUT2D eigenvalue weighted by Gasteiger charge is -2.29. The van der Waals surface area contributed by atoms with Crippen LogP contribution in [0.4, 0.5) is 4.79 Å². The maximum absolute atomic E-state index is 12.9. The summed E-state index contributed by atoms with van der Waals surface area (Å²) in [5.41, 5.74) is 0.571. The predicted octanol–water partition coefficient (Wildman–Crippen LogP) is 3.10. The summed E-state index contributed by atoms with van der Waals surface area (Å²) in [5, 5.41) is 5.13. The largest absolute Gasteiger partial charge is 0.494 e. The number of carbonyl (C=O) groups is 2. The molecule has 31 heavy (non-hydrogen) atoms. The Morgan fingerprint density at radius 1 is 1.10 bits per heavy atom. The molecule has 0 aliphatic carbocycles. The van der Waals surface area contributed by atoms with Crippen LogP contribution in [-0.2, 0) is 19.4 Å². The van der Waals surface area contributed by atoms with Gasteiger partial charge < -0.3 is 20.1 Å². The van der Waals surface area contributed by atoms with E-state index in [2.05, 4.69) is 26.6 Å². The Kier molecular flexibility index (Phi) is 7.01. The summed E-state index contributed by atoms with van der Waals surface area (Å²) < 4.78 is 36.9. The standard InChI is InChI=1S/C21H21BrN2O6S/c1-3-30-15-8-4-13(5-9-15)19-18(20(25)29-2)17(23-21(26)24-19)12-31(27,28)16-10-6-14(22)7-11-16/h4-11,19H,3,12H2,1-2H3,(H2,23,24,26). The van der Waals surface area contributed by atoms with Crippen LogP contribution >= 0.6 is 15.9 Å². The molecule has 1 atom stereocenters. The second-order valence-corrected chi connectivity index (χ2v) is 9.54. The third-order valence-corrected chi connectivity index (χ3v) is 6.78. The summed E-state index contributed by atoms with van der Waals surface area (Å²) in [7, 11) is -2.65. The van der Waals surface area contributed by atoms with Crippen molar-refractivity contribution in [2.45, 2.75) is 17.9 Å². The molecule has 164 valence electrons. The number of hydrogen-bond donors (Lipinski definition) is 2. The van der Waals surface area contributed by atoms with Gasteiger partial charge in [-0.05, 0) is 48.9 Å². The number of amides is 2. The second kappa shape index (κ2) is 9.52. The average molecular weight is 509 g/mol. The summed E-state index contributed by atoms with van der Waals surface area (Å²) >= 11 is 3.27. The maximum Gasteiger partial charge on any atom is 0.338 e. The van der Waals surface area contributed by atoms with E-state index in [0.717, 1.165) is 4.47 Å². The van der Waals surface area contributed by atoms with Crippen LogP contribution in [0, 0.1) is 0 Å². The van der Waals surface area contributed by atoms with Crippen LogP contribution in [0.15, 0.2) is 69.2 Å². The number of methoxy groups -OCH3 is 1. The highest BCUT2D eigenvalue weighted by molar-refractivity contribution is 9.10. The van der Waals surface area contributed by atoms with Crippen molar-refractivity contribution in [1.29, 1.82) is 0 Å². The molecule has 10 heteroatoms. The predicted molar refractivity (Wildman–Crippen MR) is 117 cm³/mol. The Morgan fingerprint density at radius 2 is 1.74 bits per heavy atom.